The lowest BCUT2D eigenvalue weighted by Crippen LogP contribution is -2.33. The van der Waals surface area contributed by atoms with Gasteiger partial charge >= 0.3 is 6.09 Å². The molecule has 0 saturated heterocycles. The van der Waals surface area contributed by atoms with Crippen LogP contribution in [-0.2, 0) is 6.54 Å². The van der Waals surface area contributed by atoms with Crippen LogP contribution >= 0.6 is 11.6 Å². The summed E-state index contributed by atoms with van der Waals surface area (Å²) < 4.78 is 5.55. The highest BCUT2D eigenvalue weighted by molar-refractivity contribution is 6.31. The Morgan fingerprint density at radius 3 is 2.55 bits per heavy atom. The summed E-state index contributed by atoms with van der Waals surface area (Å²) in [5.41, 5.74) is 3.53. The number of hydrogen-bond acceptors (Lipinski definition) is 4. The molecular formula is C22H24ClN3O3. The Morgan fingerprint density at radius 2 is 1.93 bits per heavy atom. The fourth-order valence-electron chi connectivity index (χ4n) is 3.29. The number of nitrogens with one attached hydrogen (secondary N) is 1. The summed E-state index contributed by atoms with van der Waals surface area (Å²) in [6.07, 6.45) is -1.10. The molecule has 0 aliphatic carbocycles. The predicted octanol–water partition coefficient (Wildman–Crippen LogP) is 5.66. The van der Waals surface area contributed by atoms with Crippen molar-refractivity contribution in [3.63, 3.8) is 0 Å². The van der Waals surface area contributed by atoms with Crippen molar-refractivity contribution in [2.45, 2.75) is 33.4 Å². The Labute approximate surface area is 175 Å². The monoisotopic (exact) mass is 413 g/mol. The number of nitrogens with zero attached hydrogens (tertiary/aromatic N) is 2. The van der Waals surface area contributed by atoms with Crippen molar-refractivity contribution in [2.24, 2.45) is 0 Å². The molecule has 152 valence electrons. The fraction of sp³-hybridized carbons (Fsp3) is 0.273. The van der Waals surface area contributed by atoms with E-state index in [2.05, 4.69) is 17.4 Å². The molecule has 0 aliphatic heterocycles. The Bertz CT molecular complexity index is 985. The fourth-order valence-corrected chi connectivity index (χ4v) is 3.58. The molecule has 0 bridgehead atoms. The van der Waals surface area contributed by atoms with Crippen LogP contribution in [0.5, 0.6) is 0 Å². The second-order valence-electron chi connectivity index (χ2n) is 6.77. The minimum absolute atomic E-state index is 0.416. The van der Waals surface area contributed by atoms with E-state index in [0.29, 0.717) is 27.7 Å². The normalized spacial score (nSPS) is 12.0. The van der Waals surface area contributed by atoms with E-state index in [-0.39, 0.29) is 0 Å². The lowest BCUT2D eigenvalue weighted by molar-refractivity contribution is 0.199. The number of aryl methyl sites for hydroxylation is 1. The molecule has 0 radical (unpaired) electrons. The highest BCUT2D eigenvalue weighted by atomic mass is 35.5. The van der Waals surface area contributed by atoms with Crippen LogP contribution in [0.4, 0.5) is 10.5 Å². The molecule has 2 N–H and O–H groups in total. The Balaban J connectivity index is 2.02. The average molecular weight is 414 g/mol. The van der Waals surface area contributed by atoms with E-state index in [1.165, 1.54) is 4.90 Å². The van der Waals surface area contributed by atoms with Crippen LogP contribution < -0.4 is 10.2 Å². The van der Waals surface area contributed by atoms with Crippen molar-refractivity contribution in [3.05, 3.63) is 70.4 Å². The van der Waals surface area contributed by atoms with Crippen LogP contribution in [0.3, 0.4) is 0 Å². The van der Waals surface area contributed by atoms with Gasteiger partial charge in [0.1, 0.15) is 11.4 Å². The van der Waals surface area contributed by atoms with Crippen LogP contribution in [0.25, 0.3) is 11.3 Å². The van der Waals surface area contributed by atoms with Crippen molar-refractivity contribution in [1.82, 2.24) is 10.5 Å². The molecule has 0 spiro atoms. The van der Waals surface area contributed by atoms with E-state index in [1.54, 1.807) is 19.9 Å². The second kappa shape index (κ2) is 9.11. The summed E-state index contributed by atoms with van der Waals surface area (Å²) in [6.45, 7) is 7.24. The minimum Gasteiger partial charge on any atom is -0.465 e. The third-order valence-corrected chi connectivity index (χ3v) is 5.16. The first kappa shape index (κ1) is 20.9. The summed E-state index contributed by atoms with van der Waals surface area (Å²) in [5.74, 6) is 0.416. The van der Waals surface area contributed by atoms with Gasteiger partial charge in [-0.1, -0.05) is 66.1 Å². The first-order valence-electron chi connectivity index (χ1n) is 9.46. The average Bonchev–Trinajstić information content (AvgIpc) is 3.08. The lowest BCUT2D eigenvalue weighted by Gasteiger charge is -2.27. The highest BCUT2D eigenvalue weighted by Gasteiger charge is 2.31. The van der Waals surface area contributed by atoms with E-state index in [9.17, 15) is 9.90 Å². The largest absolute Gasteiger partial charge is 0.465 e. The zero-order valence-corrected chi connectivity index (χ0v) is 17.4. The molecule has 1 aromatic heterocycles. The summed E-state index contributed by atoms with van der Waals surface area (Å²) in [6, 6.07) is 14.5. The maximum atomic E-state index is 12.2. The van der Waals surface area contributed by atoms with Crippen LogP contribution in [0, 0.1) is 6.92 Å². The molecule has 1 atom stereocenters. The molecular weight excluding hydrogens is 390 g/mol. The third kappa shape index (κ3) is 4.44. The minimum atomic E-state index is -1.10. The quantitative estimate of drug-likeness (QED) is 0.522. The van der Waals surface area contributed by atoms with Gasteiger partial charge in [0, 0.05) is 17.1 Å². The molecule has 1 heterocycles. The summed E-state index contributed by atoms with van der Waals surface area (Å²) in [5, 5.41) is 17.8. The smallest absolute Gasteiger partial charge is 0.412 e. The van der Waals surface area contributed by atoms with E-state index in [4.69, 9.17) is 16.1 Å². The SMILES string of the molecule is CCNCc1ccc(-c2onc(C)c2N(C(=O)O)C(C)c2ccccc2Cl)cc1. The topological polar surface area (TPSA) is 78.6 Å². The lowest BCUT2D eigenvalue weighted by atomic mass is 10.0. The zero-order valence-electron chi connectivity index (χ0n) is 16.6. The summed E-state index contributed by atoms with van der Waals surface area (Å²) in [7, 11) is 0. The maximum Gasteiger partial charge on any atom is 0.412 e. The van der Waals surface area contributed by atoms with Gasteiger partial charge < -0.3 is 14.9 Å². The van der Waals surface area contributed by atoms with E-state index >= 15 is 0 Å². The van der Waals surface area contributed by atoms with Crippen molar-refractivity contribution >= 4 is 23.4 Å². The summed E-state index contributed by atoms with van der Waals surface area (Å²) in [4.78, 5) is 13.5. The number of rotatable bonds is 7. The molecule has 0 fully saturated rings. The number of amides is 1. The van der Waals surface area contributed by atoms with Gasteiger partial charge in [-0.15, -0.1) is 0 Å². The van der Waals surface area contributed by atoms with Gasteiger partial charge in [-0.3, -0.25) is 4.90 Å². The molecule has 3 rings (SSSR count). The Hall–Kier alpha value is -2.83. The highest BCUT2D eigenvalue weighted by Crippen LogP contribution is 2.39. The van der Waals surface area contributed by atoms with E-state index in [1.807, 2.05) is 42.5 Å². The molecule has 1 unspecified atom stereocenters. The van der Waals surface area contributed by atoms with Crippen molar-refractivity contribution in [2.75, 3.05) is 11.4 Å². The van der Waals surface area contributed by atoms with E-state index in [0.717, 1.165) is 24.2 Å². The van der Waals surface area contributed by atoms with Crippen LogP contribution in [-0.4, -0.2) is 22.9 Å². The molecule has 0 saturated carbocycles. The third-order valence-electron chi connectivity index (χ3n) is 4.82. The van der Waals surface area contributed by atoms with Crippen molar-refractivity contribution < 1.29 is 14.4 Å². The molecule has 6 nitrogen and oxygen atoms in total. The van der Waals surface area contributed by atoms with Gasteiger partial charge in [-0.05, 0) is 37.6 Å². The molecule has 29 heavy (non-hydrogen) atoms. The maximum absolute atomic E-state index is 12.2. The Morgan fingerprint density at radius 1 is 1.24 bits per heavy atom. The van der Waals surface area contributed by atoms with Gasteiger partial charge in [0.05, 0.1) is 6.04 Å². The summed E-state index contributed by atoms with van der Waals surface area (Å²) >= 11 is 6.32. The van der Waals surface area contributed by atoms with Crippen molar-refractivity contribution in [3.8, 4) is 11.3 Å². The molecule has 2 aromatic carbocycles. The van der Waals surface area contributed by atoms with Crippen LogP contribution in [0.15, 0.2) is 53.1 Å². The first-order valence-corrected chi connectivity index (χ1v) is 9.84. The molecule has 3 aromatic rings. The zero-order chi connectivity index (χ0) is 21.0. The van der Waals surface area contributed by atoms with Gasteiger partial charge in [-0.25, -0.2) is 4.79 Å². The van der Waals surface area contributed by atoms with Gasteiger partial charge in [0.15, 0.2) is 5.76 Å². The number of benzene rings is 2. The van der Waals surface area contributed by atoms with Crippen LogP contribution in [0.1, 0.15) is 36.7 Å². The van der Waals surface area contributed by atoms with Gasteiger partial charge in [0.25, 0.3) is 0 Å². The number of anilines is 1. The number of carbonyl (C=O) groups is 1. The number of halogens is 1. The van der Waals surface area contributed by atoms with Crippen LogP contribution in [0.2, 0.25) is 5.02 Å². The number of aromatic nitrogens is 1. The second-order valence-corrected chi connectivity index (χ2v) is 7.18. The molecule has 1 amide bonds. The van der Waals surface area contributed by atoms with Crippen molar-refractivity contribution in [1.29, 1.82) is 0 Å². The number of carboxylic acid groups (broad SMARTS) is 1. The predicted molar refractivity (Wildman–Crippen MR) is 114 cm³/mol. The van der Waals surface area contributed by atoms with Gasteiger partial charge in [0.2, 0.25) is 0 Å². The standard InChI is InChI=1S/C22H24ClN3O3/c1-4-24-13-16-9-11-17(12-10-16)21-20(14(2)25-29-21)26(22(27)28)15(3)18-7-5-6-8-19(18)23/h5-12,15,24H,4,13H2,1-3H3,(H,27,28). The van der Waals surface area contributed by atoms with Gasteiger partial charge in [-0.2, -0.15) is 0 Å². The number of hydrogen-bond donors (Lipinski definition) is 2. The molecule has 7 heteroatoms. The first-order chi connectivity index (χ1) is 13.9. The van der Waals surface area contributed by atoms with E-state index < -0.39 is 12.1 Å². The molecule has 0 aliphatic rings. The Kier molecular flexibility index (Phi) is 6.56.